The first-order valence-corrected chi connectivity index (χ1v) is 5.91. The van der Waals surface area contributed by atoms with E-state index >= 15 is 0 Å². The van der Waals surface area contributed by atoms with Crippen molar-refractivity contribution < 1.29 is 9.90 Å². The third-order valence-corrected chi connectivity index (χ3v) is 2.61. The number of fused-ring (bicyclic) bond motifs is 1. The molecule has 1 aromatic heterocycles. The monoisotopic (exact) mass is 245 g/mol. The highest BCUT2D eigenvalue weighted by atomic mass is 16.2. The van der Waals surface area contributed by atoms with E-state index in [0.717, 1.165) is 6.42 Å². The van der Waals surface area contributed by atoms with E-state index in [1.165, 1.54) is 0 Å². The number of carbonyl (C=O) groups excluding carboxylic acids is 1. The molecule has 5 heteroatoms. The second-order valence-electron chi connectivity index (χ2n) is 3.92. The molecule has 0 saturated heterocycles. The lowest BCUT2D eigenvalue weighted by atomic mass is 10.1. The summed E-state index contributed by atoms with van der Waals surface area (Å²) in [5.41, 5.74) is 1.85. The van der Waals surface area contributed by atoms with E-state index in [4.69, 9.17) is 5.11 Å². The quantitative estimate of drug-likeness (QED) is 0.774. The van der Waals surface area contributed by atoms with Gasteiger partial charge in [-0.05, 0) is 25.0 Å². The van der Waals surface area contributed by atoms with Crippen molar-refractivity contribution in [2.75, 3.05) is 13.2 Å². The molecule has 18 heavy (non-hydrogen) atoms. The number of aromatic nitrogens is 2. The zero-order valence-electron chi connectivity index (χ0n) is 9.97. The number of unbranched alkanes of at least 4 members (excludes halogenated alkanes) is 1. The van der Waals surface area contributed by atoms with Crippen LogP contribution in [-0.4, -0.2) is 34.1 Å². The summed E-state index contributed by atoms with van der Waals surface area (Å²) >= 11 is 0. The van der Waals surface area contributed by atoms with Crippen molar-refractivity contribution in [1.29, 1.82) is 0 Å². The molecule has 0 aliphatic rings. The Morgan fingerprint density at radius 1 is 1.22 bits per heavy atom. The molecule has 0 aliphatic heterocycles. The minimum atomic E-state index is -0.154. The highest BCUT2D eigenvalue weighted by molar-refractivity contribution is 6.04. The Balaban J connectivity index is 2.13. The fraction of sp³-hybridized carbons (Fsp3) is 0.308. The largest absolute Gasteiger partial charge is 0.396 e. The van der Waals surface area contributed by atoms with E-state index in [1.54, 1.807) is 24.5 Å². The molecule has 0 unspecified atom stereocenters. The number of para-hydroxylation sites is 1. The number of nitrogens with one attached hydrogen (secondary N) is 1. The van der Waals surface area contributed by atoms with E-state index in [9.17, 15) is 4.79 Å². The van der Waals surface area contributed by atoms with Crippen LogP contribution in [0.4, 0.5) is 0 Å². The summed E-state index contributed by atoms with van der Waals surface area (Å²) in [6, 6.07) is 5.35. The lowest BCUT2D eigenvalue weighted by Crippen LogP contribution is -2.25. The van der Waals surface area contributed by atoms with Gasteiger partial charge in [0.2, 0.25) is 0 Å². The lowest BCUT2D eigenvalue weighted by Gasteiger charge is -2.06. The smallest absolute Gasteiger partial charge is 0.253 e. The number of benzene rings is 1. The second kappa shape index (κ2) is 6.07. The van der Waals surface area contributed by atoms with E-state index in [1.807, 2.05) is 6.07 Å². The van der Waals surface area contributed by atoms with E-state index in [-0.39, 0.29) is 12.5 Å². The Kier molecular flexibility index (Phi) is 4.20. The Morgan fingerprint density at radius 3 is 2.89 bits per heavy atom. The zero-order valence-corrected chi connectivity index (χ0v) is 9.97. The maximum atomic E-state index is 12.0. The number of amides is 1. The van der Waals surface area contributed by atoms with Crippen molar-refractivity contribution >= 4 is 16.9 Å². The summed E-state index contributed by atoms with van der Waals surface area (Å²) in [6.45, 7) is 0.700. The molecule has 0 atom stereocenters. The van der Waals surface area contributed by atoms with Crippen LogP contribution in [0.25, 0.3) is 11.0 Å². The molecular formula is C13H15N3O2. The van der Waals surface area contributed by atoms with Crippen LogP contribution in [0.2, 0.25) is 0 Å². The second-order valence-corrected chi connectivity index (χ2v) is 3.92. The molecule has 0 fully saturated rings. The van der Waals surface area contributed by atoms with E-state index < -0.39 is 0 Å². The van der Waals surface area contributed by atoms with Gasteiger partial charge in [-0.15, -0.1) is 0 Å². The fourth-order valence-corrected chi connectivity index (χ4v) is 1.71. The first-order valence-electron chi connectivity index (χ1n) is 5.91. The first kappa shape index (κ1) is 12.4. The number of hydrogen-bond acceptors (Lipinski definition) is 4. The van der Waals surface area contributed by atoms with E-state index in [2.05, 4.69) is 15.3 Å². The van der Waals surface area contributed by atoms with Crippen molar-refractivity contribution in [3.63, 3.8) is 0 Å². The van der Waals surface area contributed by atoms with Crippen molar-refractivity contribution in [2.24, 2.45) is 0 Å². The third kappa shape index (κ3) is 2.81. The molecule has 0 aliphatic carbocycles. The molecule has 94 valence electrons. The van der Waals surface area contributed by atoms with Gasteiger partial charge in [-0.3, -0.25) is 14.8 Å². The van der Waals surface area contributed by atoms with Crippen molar-refractivity contribution in [3.05, 3.63) is 36.2 Å². The summed E-state index contributed by atoms with van der Waals surface area (Å²) in [5, 5.41) is 11.5. The van der Waals surface area contributed by atoms with Gasteiger partial charge in [-0.1, -0.05) is 6.07 Å². The molecule has 2 aromatic rings. The number of aliphatic hydroxyl groups is 1. The van der Waals surface area contributed by atoms with Crippen LogP contribution in [0.3, 0.4) is 0 Å². The number of rotatable bonds is 5. The predicted octanol–water partition coefficient (Wildman–Crippen LogP) is 1.13. The predicted molar refractivity (Wildman–Crippen MR) is 68.2 cm³/mol. The Morgan fingerprint density at radius 2 is 2.06 bits per heavy atom. The van der Waals surface area contributed by atoms with Gasteiger partial charge in [0, 0.05) is 25.5 Å². The molecule has 1 aromatic carbocycles. The SMILES string of the molecule is O=C(NCCCCO)c1cccc2nccnc12. The molecule has 2 rings (SSSR count). The Labute approximate surface area is 105 Å². The van der Waals surface area contributed by atoms with Crippen LogP contribution in [0, 0.1) is 0 Å². The molecule has 0 saturated carbocycles. The summed E-state index contributed by atoms with van der Waals surface area (Å²) < 4.78 is 0. The van der Waals surface area contributed by atoms with Gasteiger partial charge < -0.3 is 10.4 Å². The molecule has 0 bridgehead atoms. The van der Waals surface area contributed by atoms with Crippen molar-refractivity contribution in [2.45, 2.75) is 12.8 Å². The first-order chi connectivity index (χ1) is 8.83. The van der Waals surface area contributed by atoms with E-state index in [0.29, 0.717) is 29.6 Å². The summed E-state index contributed by atoms with van der Waals surface area (Å²) in [7, 11) is 0. The highest BCUT2D eigenvalue weighted by Gasteiger charge is 2.10. The summed E-state index contributed by atoms with van der Waals surface area (Å²) in [5.74, 6) is -0.154. The number of nitrogens with zero attached hydrogens (tertiary/aromatic N) is 2. The van der Waals surface area contributed by atoms with Gasteiger partial charge in [0.25, 0.3) is 5.91 Å². The van der Waals surface area contributed by atoms with Crippen LogP contribution in [0.1, 0.15) is 23.2 Å². The van der Waals surface area contributed by atoms with Gasteiger partial charge in [0.05, 0.1) is 11.1 Å². The minimum absolute atomic E-state index is 0.148. The number of hydrogen-bond donors (Lipinski definition) is 2. The fourth-order valence-electron chi connectivity index (χ4n) is 1.71. The van der Waals surface area contributed by atoms with Crippen LogP contribution >= 0.6 is 0 Å². The molecule has 1 amide bonds. The molecule has 0 spiro atoms. The van der Waals surface area contributed by atoms with Gasteiger partial charge in [0.1, 0.15) is 5.52 Å². The standard InChI is InChI=1S/C13H15N3O2/c17-9-2-1-6-16-13(18)10-4-3-5-11-12(10)15-8-7-14-11/h3-5,7-8,17H,1-2,6,9H2,(H,16,18). The normalized spacial score (nSPS) is 10.5. The molecule has 0 radical (unpaired) electrons. The number of aliphatic hydroxyl groups excluding tert-OH is 1. The average Bonchev–Trinajstić information content (AvgIpc) is 2.43. The Bertz CT molecular complexity index is 537. The zero-order chi connectivity index (χ0) is 12.8. The molecular weight excluding hydrogens is 230 g/mol. The van der Waals surface area contributed by atoms with Crippen LogP contribution in [0.5, 0.6) is 0 Å². The molecule has 1 heterocycles. The molecule has 5 nitrogen and oxygen atoms in total. The van der Waals surface area contributed by atoms with Crippen LogP contribution < -0.4 is 5.32 Å². The van der Waals surface area contributed by atoms with Crippen molar-refractivity contribution in [3.8, 4) is 0 Å². The third-order valence-electron chi connectivity index (χ3n) is 2.61. The summed E-state index contributed by atoms with van der Waals surface area (Å²) in [6.07, 6.45) is 4.63. The Hall–Kier alpha value is -2.01. The topological polar surface area (TPSA) is 75.1 Å². The van der Waals surface area contributed by atoms with Crippen LogP contribution in [0.15, 0.2) is 30.6 Å². The molecule has 2 N–H and O–H groups in total. The van der Waals surface area contributed by atoms with Gasteiger partial charge in [0.15, 0.2) is 0 Å². The average molecular weight is 245 g/mol. The minimum Gasteiger partial charge on any atom is -0.396 e. The number of carbonyl (C=O) groups is 1. The van der Waals surface area contributed by atoms with Crippen molar-refractivity contribution in [1.82, 2.24) is 15.3 Å². The highest BCUT2D eigenvalue weighted by Crippen LogP contribution is 2.13. The lowest BCUT2D eigenvalue weighted by molar-refractivity contribution is 0.0953. The van der Waals surface area contributed by atoms with Gasteiger partial charge in [-0.2, -0.15) is 0 Å². The summed E-state index contributed by atoms with van der Waals surface area (Å²) in [4.78, 5) is 20.3. The van der Waals surface area contributed by atoms with Crippen LogP contribution in [-0.2, 0) is 0 Å². The maximum absolute atomic E-state index is 12.0. The van der Waals surface area contributed by atoms with Gasteiger partial charge in [-0.25, -0.2) is 0 Å². The maximum Gasteiger partial charge on any atom is 0.253 e. The van der Waals surface area contributed by atoms with Gasteiger partial charge >= 0.3 is 0 Å².